The molecule has 8 aliphatic heterocycles. The molecule has 36 heteroatoms. The zero-order valence-corrected chi connectivity index (χ0v) is 74.8. The van der Waals surface area contributed by atoms with Crippen molar-refractivity contribution in [2.45, 2.75) is 131 Å². The number of hydrogen-bond donors (Lipinski definition) is 2. The van der Waals surface area contributed by atoms with E-state index in [4.69, 9.17) is 96.4 Å². The Hall–Kier alpha value is -11.0. The van der Waals surface area contributed by atoms with E-state index in [0.717, 1.165) is 61.8 Å². The van der Waals surface area contributed by atoms with Gasteiger partial charge in [0.2, 0.25) is 45.4 Å². The average molecular weight is 1890 g/mol. The third-order valence-electron chi connectivity index (χ3n) is 22.1. The normalized spacial score (nSPS) is 25.5. The quantitative estimate of drug-likeness (QED) is 0.00672. The fraction of sp³-hybridized carbons (Fsp3) is 0.283. The van der Waals surface area contributed by atoms with Crippen LogP contribution in [-0.2, 0) is 106 Å². The lowest BCUT2D eigenvalue weighted by Gasteiger charge is -2.55. The summed E-state index contributed by atoms with van der Waals surface area (Å²) in [5.74, 6) is -10.8. The maximum Gasteiger partial charge on any atom is 0.333 e. The summed E-state index contributed by atoms with van der Waals surface area (Å²) in [5, 5.41) is -3.13. The highest BCUT2D eigenvalue weighted by atomic mass is 35.5. The number of ketones is 6. The number of hydrogen-bond acceptors (Lipinski definition) is 28. The van der Waals surface area contributed by atoms with Crippen LogP contribution in [0.15, 0.2) is 266 Å². The van der Waals surface area contributed by atoms with Crippen LogP contribution >= 0.6 is 93.5 Å². The number of carbonyl (C=O) groups excluding carboxylic acids is 14. The van der Waals surface area contributed by atoms with Gasteiger partial charge in [0.05, 0.1) is 11.8 Å². The van der Waals surface area contributed by atoms with Crippen LogP contribution in [-0.4, -0.2) is 204 Å². The second kappa shape index (κ2) is 40.4. The second-order valence-electron chi connectivity index (χ2n) is 30.9. The van der Waals surface area contributed by atoms with Gasteiger partial charge in [0, 0.05) is 11.5 Å². The number of esters is 4. The predicted molar refractivity (Wildman–Crippen MR) is 476 cm³/mol. The van der Waals surface area contributed by atoms with Gasteiger partial charge in [-0.1, -0.05) is 243 Å². The number of fused-ring (bicyclic) bond motifs is 4. The number of thioether (sulfide) groups is 4. The van der Waals surface area contributed by atoms with E-state index in [1.165, 1.54) is 52.1 Å². The van der Waals surface area contributed by atoms with E-state index in [9.17, 15) is 67.1 Å². The number of nitrogens with zero attached hydrogens (tertiary/aromatic N) is 4. The minimum Gasteiger partial charge on any atom is -0.451 e. The van der Waals surface area contributed by atoms with Crippen molar-refractivity contribution in [3.63, 3.8) is 0 Å². The zero-order chi connectivity index (χ0) is 91.8. The molecule has 28 nitrogen and oxygen atoms in total. The van der Waals surface area contributed by atoms with Gasteiger partial charge < -0.3 is 54.9 Å². The molecule has 0 radical (unpaired) electrons. The maximum atomic E-state index is 13.6. The summed E-state index contributed by atoms with van der Waals surface area (Å²) >= 11 is 27.0. The van der Waals surface area contributed by atoms with Gasteiger partial charge in [0.15, 0.2) is 59.8 Å². The highest BCUT2D eigenvalue weighted by Crippen LogP contribution is 2.54. The first kappa shape index (κ1) is 94.6. The Labute approximate surface area is 771 Å². The Morgan fingerprint density at radius 1 is 0.375 bits per heavy atom. The van der Waals surface area contributed by atoms with Crippen LogP contribution in [0.25, 0.3) is 0 Å². The summed E-state index contributed by atoms with van der Waals surface area (Å²) in [4.78, 5) is 204. The van der Waals surface area contributed by atoms with Crippen LogP contribution in [0.2, 0.25) is 0 Å². The lowest BCUT2D eigenvalue weighted by atomic mass is 9.89. The lowest BCUT2D eigenvalue weighted by Crippen LogP contribution is -2.78. The van der Waals surface area contributed by atoms with Crippen LogP contribution in [0, 0.1) is 0 Å². The first-order valence-corrected chi connectivity index (χ1v) is 45.3. The first-order chi connectivity index (χ1) is 61.2. The minimum absolute atomic E-state index is 0.191. The van der Waals surface area contributed by atoms with Gasteiger partial charge in [0.1, 0.15) is 43.1 Å². The molecule has 0 spiro atoms. The molecule has 8 aromatic rings. The zero-order valence-electron chi connectivity index (χ0n) is 68.5. The Kier molecular flexibility index (Phi) is 29.8. The van der Waals surface area contributed by atoms with Crippen molar-refractivity contribution in [3.8, 4) is 0 Å². The van der Waals surface area contributed by atoms with Crippen molar-refractivity contribution in [1.29, 1.82) is 0 Å². The van der Waals surface area contributed by atoms with Crippen molar-refractivity contribution in [3.05, 3.63) is 311 Å². The Balaban J connectivity index is 0.000000146. The Morgan fingerprint density at radius 2 is 0.625 bits per heavy atom. The van der Waals surface area contributed by atoms with Crippen molar-refractivity contribution >= 4 is 176 Å². The predicted octanol–water partition coefficient (Wildman–Crippen LogP) is 11.3. The molecule has 0 aromatic heterocycles. The maximum absolute atomic E-state index is 13.6. The smallest absolute Gasteiger partial charge is 0.333 e. The van der Waals surface area contributed by atoms with Gasteiger partial charge in [-0.15, -0.1) is 70.2 Å². The molecule has 16 rings (SSSR count). The number of benzene rings is 8. The number of alkyl halides is 2. The lowest BCUT2D eigenvalue weighted by molar-refractivity contribution is -0.332. The third kappa shape index (κ3) is 19.2. The summed E-state index contributed by atoms with van der Waals surface area (Å²) in [6.45, 7) is 12.9. The van der Waals surface area contributed by atoms with Gasteiger partial charge >= 0.3 is 23.9 Å². The number of rotatable bonds is 28. The van der Waals surface area contributed by atoms with E-state index in [2.05, 4.69) is 13.2 Å². The van der Waals surface area contributed by atoms with Gasteiger partial charge in [-0.3, -0.25) is 52.8 Å². The molecule has 8 aliphatic rings. The molecule has 8 aromatic carbocycles. The molecule has 8 fully saturated rings. The highest BCUT2D eigenvalue weighted by molar-refractivity contribution is 8.03. The summed E-state index contributed by atoms with van der Waals surface area (Å²) in [7, 11) is 0. The van der Waals surface area contributed by atoms with Crippen LogP contribution in [0.4, 0.5) is 0 Å². The minimum atomic E-state index is -1.69. The van der Waals surface area contributed by atoms with Crippen LogP contribution < -0.4 is 11.5 Å². The summed E-state index contributed by atoms with van der Waals surface area (Å²) in [6, 6.07) is 67.0. The standard InChI is InChI=1S/C23H23ClN2O5S.C23H21ClN2O5S.C23H20ClNO6S.C23H18ClNO6S/c1-14(24)30-31-23(2)13-32-21-17(25)20(27)26(21)19(23)22(28)29-18(15-9-5-3-6-10-15)16-11-7-4-8-12-16;1-23(19(28)15(27)12-24)18(26-20(29)16(25)21(26)32-23)22(30)31-17(13-8-4-2-5-9-13)14-10-6-3-7-11-14;1-14(24)30-31-23(2)13-32-21-17(26)20(27)25(21)19(23)22(28)29-18(15-9-5-3-6-10-15)16-11-7-4-8-12-16;1-23(19(28)15(26)12-24)18(25-20(29)16(27)21(25)32-23)22(30)31-17(13-8-4-2-5-9-13)14-10-6-3-7-11-14/h3-12,17-19,21H,1,13,25H2,2H3;2-11,16-18,21H,12,25H2,1H3;3-12,18-19,21H,1,13H2,2H3;2-11,17-18,21H,12H2,1H3/t17-,19+,21?,23?;16-,18+,21?,23-;19-,21?,23?;18-,21?,23+/m1100/s1. The van der Waals surface area contributed by atoms with Crippen molar-refractivity contribution < 1.29 is 106 Å². The molecule has 664 valence electrons. The number of β-lactam (4-membered cyclic amide) rings is 4. The SMILES string of the molecule is C=C(Cl)OOC1(C)CSC2C(=O)C(=O)N2[C@H]1C(=O)OC(c1ccccc1)c1ccccc1.C=C(Cl)OOC1(C)CSC2[C@H](N)C(=O)N2[C@H]1C(=O)OC(c1ccccc1)c1ccccc1.C[C@@]1(C(=O)C(=O)CCl)SC2C(=O)C(=O)N2[C@H]1C(=O)OC(c1ccccc1)c1ccccc1.C[C@@]1(C(=O)C(=O)CCl)SC2[C@H](N)C(=O)N2[C@H]1C(=O)OC(c1ccccc1)c1ccccc1. The van der Waals surface area contributed by atoms with Gasteiger partial charge in [-0.25, -0.2) is 19.2 Å². The number of carbonyl (C=O) groups is 14. The van der Waals surface area contributed by atoms with Crippen LogP contribution in [0.5, 0.6) is 0 Å². The fourth-order valence-electron chi connectivity index (χ4n) is 15.8. The topological polar surface area (TPSA) is 378 Å². The molecule has 8 saturated heterocycles. The molecule has 6 unspecified atom stereocenters. The molecule has 4 amide bonds. The number of ether oxygens (including phenoxy) is 4. The summed E-state index contributed by atoms with van der Waals surface area (Å²) < 4.78 is 20.5. The van der Waals surface area contributed by atoms with Gasteiger partial charge in [0.25, 0.3) is 23.4 Å². The van der Waals surface area contributed by atoms with Crippen molar-refractivity contribution in [1.82, 2.24) is 19.6 Å². The average Bonchev–Trinajstić information content (AvgIpc) is 1.37. The molecule has 128 heavy (non-hydrogen) atoms. The van der Waals surface area contributed by atoms with Crippen LogP contribution in [0.3, 0.4) is 0 Å². The summed E-state index contributed by atoms with van der Waals surface area (Å²) in [5.41, 5.74) is 15.2. The highest BCUT2D eigenvalue weighted by Gasteiger charge is 2.71. The van der Waals surface area contributed by atoms with Crippen molar-refractivity contribution in [2.24, 2.45) is 11.5 Å². The fourth-order valence-corrected chi connectivity index (χ4v) is 22.0. The molecule has 4 N–H and O–H groups in total. The monoisotopic (exact) mass is 1890 g/mol. The third-order valence-corrected chi connectivity index (χ3v) is 29.1. The van der Waals surface area contributed by atoms with E-state index in [-0.39, 0.29) is 27.5 Å². The van der Waals surface area contributed by atoms with E-state index < -0.39 is 186 Å². The van der Waals surface area contributed by atoms with Crippen molar-refractivity contribution in [2.75, 3.05) is 23.3 Å². The van der Waals surface area contributed by atoms with E-state index in [1.54, 1.807) is 62.4 Å². The first-order valence-electron chi connectivity index (χ1n) is 39.6. The second-order valence-corrected chi connectivity index (χ2v) is 37.5. The molecule has 0 bridgehead atoms. The van der Waals surface area contributed by atoms with Gasteiger partial charge in [-0.05, 0) is 109 Å². The summed E-state index contributed by atoms with van der Waals surface area (Å²) in [6.07, 6.45) is -2.97. The van der Waals surface area contributed by atoms with E-state index in [1.807, 2.05) is 194 Å². The van der Waals surface area contributed by atoms with E-state index >= 15 is 0 Å². The number of nitrogens with two attached hydrogens (primary N) is 2. The molecular weight excluding hydrogens is 1810 g/mol. The molecule has 14 atom stereocenters. The Bertz CT molecular complexity index is 5430. The molecular formula is C92H82Cl4N6O22S4. The number of amides is 4. The van der Waals surface area contributed by atoms with E-state index in [0.29, 0.717) is 16.9 Å². The number of Topliss-reactive ketones (excluding diaryl/α,β-unsaturated/α-hetero) is 6. The van der Waals surface area contributed by atoms with Crippen LogP contribution in [0.1, 0.15) is 96.6 Å². The number of halogens is 4. The largest absolute Gasteiger partial charge is 0.451 e. The molecule has 0 aliphatic carbocycles. The molecule has 0 saturated carbocycles. The Morgan fingerprint density at radius 3 is 0.930 bits per heavy atom. The van der Waals surface area contributed by atoms with Gasteiger partial charge in [-0.2, -0.15) is 9.78 Å². The molecule has 8 heterocycles.